The van der Waals surface area contributed by atoms with Gasteiger partial charge in [-0.2, -0.15) is 5.10 Å². The van der Waals surface area contributed by atoms with Crippen molar-refractivity contribution in [1.29, 1.82) is 0 Å². The number of hydrogen-bond donors (Lipinski definition) is 0. The molecule has 130 valence electrons. The second kappa shape index (κ2) is 6.76. The monoisotopic (exact) mass is 342 g/mol. The molecule has 0 unspecified atom stereocenters. The van der Waals surface area contributed by atoms with Crippen LogP contribution >= 0.6 is 0 Å². The topological polar surface area (TPSA) is 92.3 Å². The standard InChI is InChI=1S/C17H18N4O4/c1-10-14(9-18-21(10)3)17(22)24-11(2)15-19-20-16(25-15)12-5-7-13(23-4)8-6-12/h5-9,11H,1-4H3/t11-/m0/s1. The van der Waals surface area contributed by atoms with Crippen molar-refractivity contribution in [2.75, 3.05) is 7.11 Å². The maximum absolute atomic E-state index is 12.2. The van der Waals surface area contributed by atoms with Crippen LogP contribution < -0.4 is 4.74 Å². The number of aryl methyl sites for hydroxylation is 1. The van der Waals surface area contributed by atoms with Crippen LogP contribution in [0.15, 0.2) is 34.9 Å². The van der Waals surface area contributed by atoms with Crippen LogP contribution in [0.5, 0.6) is 5.75 Å². The predicted octanol–water partition coefficient (Wildman–Crippen LogP) is 2.71. The quantitative estimate of drug-likeness (QED) is 0.658. The number of esters is 1. The van der Waals surface area contributed by atoms with E-state index in [1.54, 1.807) is 44.8 Å². The van der Waals surface area contributed by atoms with Gasteiger partial charge in [-0.3, -0.25) is 4.68 Å². The molecule has 1 aromatic carbocycles. The largest absolute Gasteiger partial charge is 0.497 e. The first kappa shape index (κ1) is 16.7. The summed E-state index contributed by atoms with van der Waals surface area (Å²) < 4.78 is 17.7. The second-order valence-electron chi connectivity index (χ2n) is 5.49. The van der Waals surface area contributed by atoms with Crippen molar-refractivity contribution < 1.29 is 18.7 Å². The minimum atomic E-state index is -0.674. The van der Waals surface area contributed by atoms with Gasteiger partial charge in [0.1, 0.15) is 11.3 Å². The number of rotatable bonds is 5. The van der Waals surface area contributed by atoms with Crippen molar-refractivity contribution in [3.05, 3.63) is 47.6 Å². The molecule has 0 aliphatic carbocycles. The van der Waals surface area contributed by atoms with E-state index >= 15 is 0 Å². The highest BCUT2D eigenvalue weighted by Crippen LogP contribution is 2.25. The van der Waals surface area contributed by atoms with Gasteiger partial charge >= 0.3 is 5.97 Å². The van der Waals surface area contributed by atoms with E-state index in [9.17, 15) is 4.79 Å². The number of nitrogens with zero attached hydrogens (tertiary/aromatic N) is 4. The Labute approximate surface area is 144 Å². The van der Waals surface area contributed by atoms with Gasteiger partial charge in [0, 0.05) is 18.3 Å². The highest BCUT2D eigenvalue weighted by atomic mass is 16.6. The van der Waals surface area contributed by atoms with Crippen molar-refractivity contribution in [2.24, 2.45) is 7.05 Å². The van der Waals surface area contributed by atoms with E-state index in [0.717, 1.165) is 17.0 Å². The average Bonchev–Trinajstić information content (AvgIpc) is 3.23. The Morgan fingerprint density at radius 3 is 2.56 bits per heavy atom. The molecule has 1 atom stereocenters. The molecule has 0 fully saturated rings. The van der Waals surface area contributed by atoms with Gasteiger partial charge < -0.3 is 13.9 Å². The summed E-state index contributed by atoms with van der Waals surface area (Å²) in [6, 6.07) is 7.22. The first-order valence-electron chi connectivity index (χ1n) is 7.67. The van der Waals surface area contributed by atoms with Crippen molar-refractivity contribution in [3.8, 4) is 17.2 Å². The lowest BCUT2D eigenvalue weighted by Gasteiger charge is -2.08. The minimum absolute atomic E-state index is 0.223. The first-order valence-corrected chi connectivity index (χ1v) is 7.67. The Kier molecular flexibility index (Phi) is 4.51. The summed E-state index contributed by atoms with van der Waals surface area (Å²) in [6.07, 6.45) is 0.799. The SMILES string of the molecule is COc1ccc(-c2nnc([C@H](C)OC(=O)c3cnn(C)c3C)o2)cc1. The average molecular weight is 342 g/mol. The van der Waals surface area contributed by atoms with Crippen LogP contribution in [0.4, 0.5) is 0 Å². The van der Waals surface area contributed by atoms with Crippen molar-refractivity contribution in [1.82, 2.24) is 20.0 Å². The molecule has 2 heterocycles. The number of carbonyl (C=O) groups is 1. The molecule has 2 aromatic heterocycles. The minimum Gasteiger partial charge on any atom is -0.497 e. The fourth-order valence-electron chi connectivity index (χ4n) is 2.22. The van der Waals surface area contributed by atoms with Crippen molar-refractivity contribution in [3.63, 3.8) is 0 Å². The summed E-state index contributed by atoms with van der Waals surface area (Å²) in [6.45, 7) is 3.47. The van der Waals surface area contributed by atoms with Crippen molar-refractivity contribution >= 4 is 5.97 Å². The van der Waals surface area contributed by atoms with Gasteiger partial charge in [-0.05, 0) is 38.1 Å². The highest BCUT2D eigenvalue weighted by Gasteiger charge is 2.22. The van der Waals surface area contributed by atoms with E-state index in [4.69, 9.17) is 13.9 Å². The number of aromatic nitrogens is 4. The number of hydrogen-bond acceptors (Lipinski definition) is 7. The predicted molar refractivity (Wildman–Crippen MR) is 88.1 cm³/mol. The van der Waals surface area contributed by atoms with Gasteiger partial charge in [0.2, 0.25) is 5.89 Å². The van der Waals surface area contributed by atoms with Gasteiger partial charge in [-0.25, -0.2) is 4.79 Å². The Balaban J connectivity index is 1.72. The zero-order valence-electron chi connectivity index (χ0n) is 14.4. The zero-order chi connectivity index (χ0) is 18.0. The molecule has 0 bridgehead atoms. The molecule has 25 heavy (non-hydrogen) atoms. The van der Waals surface area contributed by atoms with Crippen LogP contribution in [-0.4, -0.2) is 33.1 Å². The van der Waals surface area contributed by atoms with Gasteiger partial charge in [-0.1, -0.05) is 0 Å². The highest BCUT2D eigenvalue weighted by molar-refractivity contribution is 5.90. The molecule has 0 aliphatic rings. The summed E-state index contributed by atoms with van der Waals surface area (Å²) in [5.41, 5.74) is 1.88. The lowest BCUT2D eigenvalue weighted by atomic mass is 10.2. The van der Waals surface area contributed by atoms with E-state index in [0.29, 0.717) is 11.5 Å². The van der Waals surface area contributed by atoms with Crippen LogP contribution in [0.3, 0.4) is 0 Å². The summed E-state index contributed by atoms with van der Waals surface area (Å²) in [4.78, 5) is 12.2. The molecule has 3 rings (SSSR count). The fraction of sp³-hybridized carbons (Fsp3) is 0.294. The summed E-state index contributed by atoms with van der Waals surface area (Å²) in [5.74, 6) is 0.818. The second-order valence-corrected chi connectivity index (χ2v) is 5.49. The van der Waals surface area contributed by atoms with Gasteiger partial charge in [0.25, 0.3) is 5.89 Å². The Hall–Kier alpha value is -3.16. The number of ether oxygens (including phenoxy) is 2. The molecule has 8 nitrogen and oxygen atoms in total. The third-order valence-corrected chi connectivity index (χ3v) is 3.86. The Morgan fingerprint density at radius 2 is 1.96 bits per heavy atom. The normalized spacial score (nSPS) is 12.0. The Bertz CT molecular complexity index is 882. The van der Waals surface area contributed by atoms with E-state index in [1.165, 1.54) is 6.20 Å². The first-order chi connectivity index (χ1) is 12.0. The molecule has 0 N–H and O–H groups in total. The van der Waals surface area contributed by atoms with Gasteiger partial charge in [-0.15, -0.1) is 10.2 Å². The summed E-state index contributed by atoms with van der Waals surface area (Å²) in [5, 5.41) is 12.0. The molecular weight excluding hydrogens is 324 g/mol. The molecular formula is C17H18N4O4. The molecule has 0 radical (unpaired) electrons. The molecule has 0 aliphatic heterocycles. The van der Waals surface area contributed by atoms with Crippen LogP contribution in [0.25, 0.3) is 11.5 Å². The van der Waals surface area contributed by atoms with Crippen molar-refractivity contribution in [2.45, 2.75) is 20.0 Å². The molecule has 0 amide bonds. The third kappa shape index (κ3) is 3.37. The van der Waals surface area contributed by atoms with Crippen LogP contribution in [-0.2, 0) is 11.8 Å². The smallest absolute Gasteiger partial charge is 0.342 e. The lowest BCUT2D eigenvalue weighted by molar-refractivity contribution is 0.0279. The van der Waals surface area contributed by atoms with E-state index in [-0.39, 0.29) is 5.89 Å². The van der Waals surface area contributed by atoms with Gasteiger partial charge in [0.05, 0.1) is 13.3 Å². The molecule has 0 spiro atoms. The molecule has 3 aromatic rings. The lowest BCUT2D eigenvalue weighted by Crippen LogP contribution is -2.10. The molecule has 0 saturated heterocycles. The number of methoxy groups -OCH3 is 1. The fourth-order valence-corrected chi connectivity index (χ4v) is 2.22. The zero-order valence-corrected chi connectivity index (χ0v) is 14.4. The molecule has 8 heteroatoms. The summed E-state index contributed by atoms with van der Waals surface area (Å²) in [7, 11) is 3.36. The van der Waals surface area contributed by atoms with Crippen LogP contribution in [0, 0.1) is 6.92 Å². The van der Waals surface area contributed by atoms with Crippen LogP contribution in [0.1, 0.15) is 35.0 Å². The van der Waals surface area contributed by atoms with Crippen LogP contribution in [0.2, 0.25) is 0 Å². The van der Waals surface area contributed by atoms with E-state index in [1.807, 2.05) is 12.1 Å². The number of carbonyl (C=O) groups excluding carboxylic acids is 1. The maximum Gasteiger partial charge on any atom is 0.342 e. The van der Waals surface area contributed by atoms with E-state index < -0.39 is 12.1 Å². The Morgan fingerprint density at radius 1 is 1.24 bits per heavy atom. The molecule has 0 saturated carbocycles. The van der Waals surface area contributed by atoms with Gasteiger partial charge in [0.15, 0.2) is 6.10 Å². The maximum atomic E-state index is 12.2. The van der Waals surface area contributed by atoms with E-state index in [2.05, 4.69) is 15.3 Å². The number of benzene rings is 1. The summed E-state index contributed by atoms with van der Waals surface area (Å²) >= 11 is 0. The third-order valence-electron chi connectivity index (χ3n) is 3.86.